The van der Waals surface area contributed by atoms with Crippen molar-refractivity contribution in [2.24, 2.45) is 0 Å². The van der Waals surface area contributed by atoms with Gasteiger partial charge in [-0.15, -0.1) is 0 Å². The topological polar surface area (TPSA) is 42.4 Å². The maximum Gasteiger partial charge on any atom is 0.213 e. The molecule has 0 aliphatic heterocycles. The molecule has 1 heterocycles. The van der Waals surface area contributed by atoms with Gasteiger partial charge in [-0.05, 0) is 26.3 Å². The Morgan fingerprint density at radius 3 is 2.64 bits per heavy atom. The van der Waals surface area contributed by atoms with Crippen LogP contribution in [0.25, 0.3) is 0 Å². The molecule has 1 N–H and O–H groups in total. The number of aliphatic hydroxyl groups is 1. The zero-order chi connectivity index (χ0) is 10.6. The number of ether oxygens (including phenoxy) is 1. The van der Waals surface area contributed by atoms with Crippen molar-refractivity contribution in [1.82, 2.24) is 4.98 Å². The standard InChI is InChI=1S/C11H17NO2/c1-4-10(13)9-6-7-11(14-5-2)12-8(9)3/h6-7,10,13H,4-5H2,1-3H3/t10-/m1/s1. The van der Waals surface area contributed by atoms with Crippen molar-refractivity contribution in [2.45, 2.75) is 33.3 Å². The van der Waals surface area contributed by atoms with E-state index in [1.807, 2.05) is 26.8 Å². The highest BCUT2D eigenvalue weighted by molar-refractivity contribution is 5.26. The van der Waals surface area contributed by atoms with Gasteiger partial charge >= 0.3 is 0 Å². The minimum absolute atomic E-state index is 0.418. The average Bonchev–Trinajstić information content (AvgIpc) is 2.17. The fourth-order valence-electron chi connectivity index (χ4n) is 1.35. The fourth-order valence-corrected chi connectivity index (χ4v) is 1.35. The third kappa shape index (κ3) is 2.45. The van der Waals surface area contributed by atoms with E-state index in [0.717, 1.165) is 11.3 Å². The maximum absolute atomic E-state index is 9.65. The van der Waals surface area contributed by atoms with Gasteiger partial charge in [0.05, 0.1) is 12.7 Å². The first kappa shape index (κ1) is 11.0. The first-order valence-electron chi connectivity index (χ1n) is 4.97. The van der Waals surface area contributed by atoms with Crippen molar-refractivity contribution in [3.05, 3.63) is 23.4 Å². The van der Waals surface area contributed by atoms with Crippen LogP contribution >= 0.6 is 0 Å². The molecule has 0 aromatic carbocycles. The molecule has 3 nitrogen and oxygen atoms in total. The molecule has 14 heavy (non-hydrogen) atoms. The summed E-state index contributed by atoms with van der Waals surface area (Å²) < 4.78 is 5.26. The van der Waals surface area contributed by atoms with E-state index in [2.05, 4.69) is 4.98 Å². The summed E-state index contributed by atoms with van der Waals surface area (Å²) in [6, 6.07) is 3.67. The Bertz CT molecular complexity index is 299. The predicted octanol–water partition coefficient (Wildman–Crippen LogP) is 2.23. The monoisotopic (exact) mass is 195 g/mol. The predicted molar refractivity (Wildman–Crippen MR) is 55.4 cm³/mol. The van der Waals surface area contributed by atoms with Crippen LogP contribution in [-0.4, -0.2) is 16.7 Å². The van der Waals surface area contributed by atoms with Crippen LogP contribution in [0, 0.1) is 6.92 Å². The Kier molecular flexibility index (Phi) is 3.89. The fraction of sp³-hybridized carbons (Fsp3) is 0.545. The summed E-state index contributed by atoms with van der Waals surface area (Å²) >= 11 is 0. The summed E-state index contributed by atoms with van der Waals surface area (Å²) in [7, 11) is 0. The summed E-state index contributed by atoms with van der Waals surface area (Å²) in [6.45, 7) is 6.37. The van der Waals surface area contributed by atoms with Crippen LogP contribution in [0.2, 0.25) is 0 Å². The van der Waals surface area contributed by atoms with Crippen LogP contribution in [-0.2, 0) is 0 Å². The van der Waals surface area contributed by atoms with Crippen molar-refractivity contribution >= 4 is 0 Å². The van der Waals surface area contributed by atoms with Gasteiger partial charge in [0, 0.05) is 17.3 Å². The van der Waals surface area contributed by atoms with Crippen molar-refractivity contribution in [1.29, 1.82) is 0 Å². The van der Waals surface area contributed by atoms with Crippen LogP contribution in [0.15, 0.2) is 12.1 Å². The summed E-state index contributed by atoms with van der Waals surface area (Å²) in [5.41, 5.74) is 1.72. The Labute approximate surface area is 84.7 Å². The van der Waals surface area contributed by atoms with Crippen LogP contribution in [0.1, 0.15) is 37.6 Å². The van der Waals surface area contributed by atoms with Gasteiger partial charge in [-0.3, -0.25) is 0 Å². The Hall–Kier alpha value is -1.09. The zero-order valence-electron chi connectivity index (χ0n) is 8.95. The first-order valence-corrected chi connectivity index (χ1v) is 4.97. The van der Waals surface area contributed by atoms with Gasteiger partial charge < -0.3 is 9.84 Å². The minimum Gasteiger partial charge on any atom is -0.478 e. The van der Waals surface area contributed by atoms with Gasteiger partial charge in [0.25, 0.3) is 0 Å². The van der Waals surface area contributed by atoms with Crippen LogP contribution in [0.4, 0.5) is 0 Å². The lowest BCUT2D eigenvalue weighted by atomic mass is 10.1. The SMILES string of the molecule is CCOc1ccc([C@H](O)CC)c(C)n1. The molecule has 3 heteroatoms. The number of pyridine rings is 1. The summed E-state index contributed by atoms with van der Waals surface area (Å²) in [5.74, 6) is 0.622. The lowest BCUT2D eigenvalue weighted by Crippen LogP contribution is -2.02. The molecule has 1 aromatic heterocycles. The molecule has 0 saturated carbocycles. The van der Waals surface area contributed by atoms with Crippen molar-refractivity contribution in [3.63, 3.8) is 0 Å². The molecule has 1 rings (SSSR count). The summed E-state index contributed by atoms with van der Waals surface area (Å²) in [5, 5.41) is 9.65. The van der Waals surface area contributed by atoms with Gasteiger partial charge in [-0.2, -0.15) is 0 Å². The van der Waals surface area contributed by atoms with Crippen LogP contribution in [0.5, 0.6) is 5.88 Å². The van der Waals surface area contributed by atoms with E-state index in [9.17, 15) is 5.11 Å². The van der Waals surface area contributed by atoms with Crippen molar-refractivity contribution in [2.75, 3.05) is 6.61 Å². The van der Waals surface area contributed by atoms with E-state index in [1.165, 1.54) is 0 Å². The number of nitrogens with zero attached hydrogens (tertiary/aromatic N) is 1. The van der Waals surface area contributed by atoms with Crippen LogP contribution < -0.4 is 4.74 Å². The van der Waals surface area contributed by atoms with Gasteiger partial charge in [0.1, 0.15) is 0 Å². The second kappa shape index (κ2) is 4.96. The third-order valence-corrected chi connectivity index (χ3v) is 2.14. The lowest BCUT2D eigenvalue weighted by molar-refractivity contribution is 0.172. The molecule has 0 aliphatic carbocycles. The van der Waals surface area contributed by atoms with E-state index in [-0.39, 0.29) is 0 Å². The second-order valence-corrected chi connectivity index (χ2v) is 3.18. The maximum atomic E-state index is 9.65. The molecule has 0 radical (unpaired) electrons. The molecule has 78 valence electrons. The largest absolute Gasteiger partial charge is 0.478 e. The van der Waals surface area contributed by atoms with Gasteiger partial charge in [0.2, 0.25) is 5.88 Å². The van der Waals surface area contributed by atoms with E-state index in [4.69, 9.17) is 4.74 Å². The molecule has 0 amide bonds. The lowest BCUT2D eigenvalue weighted by Gasteiger charge is -2.11. The molecule has 1 aromatic rings. The molecular formula is C11H17NO2. The molecule has 0 aliphatic rings. The van der Waals surface area contributed by atoms with Gasteiger partial charge in [0.15, 0.2) is 0 Å². The Morgan fingerprint density at radius 2 is 2.14 bits per heavy atom. The number of hydrogen-bond acceptors (Lipinski definition) is 3. The van der Waals surface area contributed by atoms with Crippen molar-refractivity contribution < 1.29 is 9.84 Å². The second-order valence-electron chi connectivity index (χ2n) is 3.18. The number of aryl methyl sites for hydroxylation is 1. The summed E-state index contributed by atoms with van der Waals surface area (Å²) in [4.78, 5) is 4.25. The molecular weight excluding hydrogens is 178 g/mol. The van der Waals surface area contributed by atoms with E-state index >= 15 is 0 Å². The quantitative estimate of drug-likeness (QED) is 0.801. The molecule has 0 spiro atoms. The average molecular weight is 195 g/mol. The highest BCUT2D eigenvalue weighted by Crippen LogP contribution is 2.21. The normalized spacial score (nSPS) is 12.6. The molecule has 0 saturated heterocycles. The molecule has 0 unspecified atom stereocenters. The smallest absolute Gasteiger partial charge is 0.213 e. The first-order chi connectivity index (χ1) is 6.69. The molecule has 0 fully saturated rings. The van der Waals surface area contributed by atoms with E-state index in [1.54, 1.807) is 6.07 Å². The Balaban J connectivity index is 2.89. The Morgan fingerprint density at radius 1 is 1.43 bits per heavy atom. The van der Waals surface area contributed by atoms with Crippen molar-refractivity contribution in [3.8, 4) is 5.88 Å². The van der Waals surface area contributed by atoms with Crippen LogP contribution in [0.3, 0.4) is 0 Å². The number of rotatable bonds is 4. The highest BCUT2D eigenvalue weighted by Gasteiger charge is 2.09. The molecule has 0 bridgehead atoms. The van der Waals surface area contributed by atoms with E-state index in [0.29, 0.717) is 18.9 Å². The number of aliphatic hydroxyl groups excluding tert-OH is 1. The van der Waals surface area contributed by atoms with Gasteiger partial charge in [-0.1, -0.05) is 6.92 Å². The third-order valence-electron chi connectivity index (χ3n) is 2.14. The zero-order valence-corrected chi connectivity index (χ0v) is 8.95. The van der Waals surface area contributed by atoms with E-state index < -0.39 is 6.10 Å². The highest BCUT2D eigenvalue weighted by atomic mass is 16.5. The molecule has 1 atom stereocenters. The minimum atomic E-state index is -0.418. The summed E-state index contributed by atoms with van der Waals surface area (Å²) in [6.07, 6.45) is 0.287. The van der Waals surface area contributed by atoms with Gasteiger partial charge in [-0.25, -0.2) is 4.98 Å². The number of hydrogen-bond donors (Lipinski definition) is 1. The number of aromatic nitrogens is 1.